The van der Waals surface area contributed by atoms with Crippen LogP contribution in [0.5, 0.6) is 0 Å². The molecule has 0 saturated heterocycles. The maximum Gasteiger partial charge on any atom is 0.0673 e. The second-order valence-electron chi connectivity index (χ2n) is 5.47. The zero-order valence-corrected chi connectivity index (χ0v) is 13.2. The maximum absolute atomic E-state index is 4.58. The van der Waals surface area contributed by atoms with Crippen LogP contribution in [0.4, 0.5) is 0 Å². The van der Waals surface area contributed by atoms with Gasteiger partial charge in [-0.05, 0) is 32.4 Å². The Morgan fingerprint density at radius 1 is 1.15 bits per heavy atom. The van der Waals surface area contributed by atoms with Crippen LogP contribution in [0.3, 0.4) is 0 Å². The van der Waals surface area contributed by atoms with E-state index in [1.165, 1.54) is 27.9 Å². The number of nitrogens with zero attached hydrogens (tertiary/aromatic N) is 2. The van der Waals surface area contributed by atoms with Crippen LogP contribution in [-0.2, 0) is 13.5 Å². The first kappa shape index (κ1) is 14.8. The van der Waals surface area contributed by atoms with Gasteiger partial charge >= 0.3 is 0 Å². The van der Waals surface area contributed by atoms with Gasteiger partial charge in [-0.2, -0.15) is 5.10 Å². The van der Waals surface area contributed by atoms with Crippen LogP contribution < -0.4 is 5.32 Å². The van der Waals surface area contributed by atoms with Gasteiger partial charge in [0.05, 0.1) is 11.7 Å². The quantitative estimate of drug-likeness (QED) is 0.904. The van der Waals surface area contributed by atoms with Crippen molar-refractivity contribution in [1.29, 1.82) is 0 Å². The van der Waals surface area contributed by atoms with E-state index >= 15 is 0 Å². The number of aryl methyl sites for hydroxylation is 4. The van der Waals surface area contributed by atoms with Gasteiger partial charge in [-0.1, -0.05) is 43.2 Å². The Hall–Kier alpha value is -1.61. The minimum Gasteiger partial charge on any atom is -0.306 e. The Morgan fingerprint density at radius 2 is 1.80 bits per heavy atom. The zero-order chi connectivity index (χ0) is 14.7. The molecule has 1 heterocycles. The molecular weight excluding hydrogens is 246 g/mol. The number of hydrogen-bond donors (Lipinski definition) is 1. The molecule has 0 amide bonds. The molecule has 0 aliphatic rings. The molecule has 20 heavy (non-hydrogen) atoms. The standard InChI is InChI=1S/C17H25N3/c1-6-16-15(11-20(5)19-16)17(18-7-2)14-9-12(3)8-13(4)10-14/h8-11,17-18H,6-7H2,1-5H3. The minimum absolute atomic E-state index is 0.224. The van der Waals surface area contributed by atoms with Crippen LogP contribution >= 0.6 is 0 Å². The van der Waals surface area contributed by atoms with Crippen molar-refractivity contribution in [2.24, 2.45) is 7.05 Å². The SMILES string of the molecule is CCNC(c1cc(C)cc(C)c1)c1cn(C)nc1CC. The van der Waals surface area contributed by atoms with E-state index in [1.807, 2.05) is 11.7 Å². The van der Waals surface area contributed by atoms with Crippen molar-refractivity contribution in [3.63, 3.8) is 0 Å². The molecule has 3 nitrogen and oxygen atoms in total. The molecule has 108 valence electrons. The molecule has 0 fully saturated rings. The van der Waals surface area contributed by atoms with E-state index in [1.54, 1.807) is 0 Å². The summed E-state index contributed by atoms with van der Waals surface area (Å²) in [6.45, 7) is 9.57. The zero-order valence-electron chi connectivity index (χ0n) is 13.2. The summed E-state index contributed by atoms with van der Waals surface area (Å²) in [5.41, 5.74) is 6.42. The fraction of sp³-hybridized carbons (Fsp3) is 0.471. The van der Waals surface area contributed by atoms with E-state index in [-0.39, 0.29) is 6.04 Å². The highest BCUT2D eigenvalue weighted by atomic mass is 15.3. The fourth-order valence-electron chi connectivity index (χ4n) is 2.86. The highest BCUT2D eigenvalue weighted by molar-refractivity contribution is 5.37. The van der Waals surface area contributed by atoms with Crippen LogP contribution in [0.25, 0.3) is 0 Å². The summed E-state index contributed by atoms with van der Waals surface area (Å²) in [6, 6.07) is 6.98. The molecule has 1 unspecified atom stereocenters. The molecular formula is C17H25N3. The number of rotatable bonds is 5. The average Bonchev–Trinajstić information content (AvgIpc) is 2.75. The van der Waals surface area contributed by atoms with Crippen molar-refractivity contribution in [2.75, 3.05) is 6.54 Å². The summed E-state index contributed by atoms with van der Waals surface area (Å²) in [6.07, 6.45) is 3.10. The van der Waals surface area contributed by atoms with Gasteiger partial charge in [-0.15, -0.1) is 0 Å². The van der Waals surface area contributed by atoms with Crippen LogP contribution in [0, 0.1) is 13.8 Å². The second kappa shape index (κ2) is 6.23. The third-order valence-electron chi connectivity index (χ3n) is 3.57. The van der Waals surface area contributed by atoms with Gasteiger partial charge in [0.25, 0.3) is 0 Å². The normalized spacial score (nSPS) is 12.7. The van der Waals surface area contributed by atoms with E-state index in [0.717, 1.165) is 13.0 Å². The van der Waals surface area contributed by atoms with E-state index in [2.05, 4.69) is 62.5 Å². The van der Waals surface area contributed by atoms with Gasteiger partial charge in [-0.3, -0.25) is 4.68 Å². The van der Waals surface area contributed by atoms with E-state index in [0.29, 0.717) is 0 Å². The third-order valence-corrected chi connectivity index (χ3v) is 3.57. The lowest BCUT2D eigenvalue weighted by atomic mass is 9.95. The van der Waals surface area contributed by atoms with E-state index in [9.17, 15) is 0 Å². The number of nitrogens with one attached hydrogen (secondary N) is 1. The monoisotopic (exact) mass is 271 g/mol. The van der Waals surface area contributed by atoms with Gasteiger partial charge in [0, 0.05) is 18.8 Å². The predicted molar refractivity (Wildman–Crippen MR) is 84.0 cm³/mol. The lowest BCUT2D eigenvalue weighted by Crippen LogP contribution is -2.22. The van der Waals surface area contributed by atoms with Crippen LogP contribution in [-0.4, -0.2) is 16.3 Å². The smallest absolute Gasteiger partial charge is 0.0673 e. The van der Waals surface area contributed by atoms with Crippen molar-refractivity contribution in [2.45, 2.75) is 40.2 Å². The van der Waals surface area contributed by atoms with Crippen LogP contribution in [0.1, 0.15) is 47.8 Å². The predicted octanol–water partition coefficient (Wildman–Crippen LogP) is 3.30. The highest BCUT2D eigenvalue weighted by Gasteiger charge is 2.19. The van der Waals surface area contributed by atoms with Gasteiger partial charge < -0.3 is 5.32 Å². The number of aromatic nitrogens is 2. The molecule has 0 aliphatic heterocycles. The summed E-state index contributed by atoms with van der Waals surface area (Å²) < 4.78 is 1.92. The van der Waals surface area contributed by atoms with Crippen molar-refractivity contribution in [1.82, 2.24) is 15.1 Å². The molecule has 0 saturated carbocycles. The minimum atomic E-state index is 0.224. The molecule has 0 bridgehead atoms. The molecule has 2 aromatic rings. The topological polar surface area (TPSA) is 29.9 Å². The summed E-state index contributed by atoms with van der Waals surface area (Å²) >= 11 is 0. The molecule has 1 aromatic heterocycles. The van der Waals surface area contributed by atoms with Gasteiger partial charge in [0.2, 0.25) is 0 Å². The average molecular weight is 271 g/mol. The number of hydrogen-bond acceptors (Lipinski definition) is 2. The lowest BCUT2D eigenvalue weighted by molar-refractivity contribution is 0.624. The van der Waals surface area contributed by atoms with Crippen molar-refractivity contribution in [3.05, 3.63) is 52.3 Å². The molecule has 1 aromatic carbocycles. The Labute approximate surface area is 122 Å². The lowest BCUT2D eigenvalue weighted by Gasteiger charge is -2.19. The number of benzene rings is 1. The fourth-order valence-corrected chi connectivity index (χ4v) is 2.86. The van der Waals surface area contributed by atoms with E-state index < -0.39 is 0 Å². The summed E-state index contributed by atoms with van der Waals surface area (Å²) in [4.78, 5) is 0. The largest absolute Gasteiger partial charge is 0.306 e. The Bertz CT molecular complexity index is 564. The molecule has 1 atom stereocenters. The Kier molecular flexibility index (Phi) is 4.61. The third kappa shape index (κ3) is 3.10. The molecule has 2 rings (SSSR count). The summed E-state index contributed by atoms with van der Waals surface area (Å²) in [5.74, 6) is 0. The first-order valence-corrected chi connectivity index (χ1v) is 7.39. The second-order valence-corrected chi connectivity index (χ2v) is 5.47. The van der Waals surface area contributed by atoms with Gasteiger partial charge in [-0.25, -0.2) is 0 Å². The molecule has 3 heteroatoms. The molecule has 0 aliphatic carbocycles. The summed E-state index contributed by atoms with van der Waals surface area (Å²) in [5, 5.41) is 8.18. The van der Waals surface area contributed by atoms with Crippen molar-refractivity contribution < 1.29 is 0 Å². The van der Waals surface area contributed by atoms with Crippen molar-refractivity contribution >= 4 is 0 Å². The van der Waals surface area contributed by atoms with Crippen molar-refractivity contribution in [3.8, 4) is 0 Å². The highest BCUT2D eigenvalue weighted by Crippen LogP contribution is 2.26. The molecule has 1 N–H and O–H groups in total. The maximum atomic E-state index is 4.58. The van der Waals surface area contributed by atoms with Gasteiger partial charge in [0.1, 0.15) is 0 Å². The summed E-state index contributed by atoms with van der Waals surface area (Å²) in [7, 11) is 1.99. The van der Waals surface area contributed by atoms with Gasteiger partial charge in [0.15, 0.2) is 0 Å². The van der Waals surface area contributed by atoms with Crippen LogP contribution in [0.2, 0.25) is 0 Å². The first-order valence-electron chi connectivity index (χ1n) is 7.39. The Morgan fingerprint density at radius 3 is 2.35 bits per heavy atom. The molecule has 0 spiro atoms. The molecule has 0 radical (unpaired) electrons. The van der Waals surface area contributed by atoms with Crippen LogP contribution in [0.15, 0.2) is 24.4 Å². The van der Waals surface area contributed by atoms with E-state index in [4.69, 9.17) is 0 Å². The first-order chi connectivity index (χ1) is 9.55. The Balaban J connectivity index is 2.49.